The summed E-state index contributed by atoms with van der Waals surface area (Å²) in [6.45, 7) is 2.97. The Morgan fingerprint density at radius 1 is 0.903 bits per heavy atom. The predicted molar refractivity (Wildman–Crippen MR) is 130 cm³/mol. The molecular weight excluding hydrogens is 386 g/mol. The van der Waals surface area contributed by atoms with Gasteiger partial charge in [-0.1, -0.05) is 64.0 Å². The molecule has 0 spiro atoms. The summed E-state index contributed by atoms with van der Waals surface area (Å²) in [6.07, 6.45) is 11.9. The van der Waals surface area contributed by atoms with Crippen LogP contribution in [-0.2, 0) is 0 Å². The molecule has 0 saturated carbocycles. The molecule has 5 heteroatoms. The van der Waals surface area contributed by atoms with Crippen molar-refractivity contribution in [3.8, 4) is 5.75 Å². The van der Waals surface area contributed by atoms with Gasteiger partial charge in [-0.3, -0.25) is 4.79 Å². The molecule has 2 aromatic carbocycles. The van der Waals surface area contributed by atoms with Gasteiger partial charge in [0.25, 0.3) is 5.91 Å². The number of anilines is 1. The quantitative estimate of drug-likeness (QED) is 0.229. The molecule has 0 saturated heterocycles. The van der Waals surface area contributed by atoms with Crippen LogP contribution < -0.4 is 15.1 Å². The number of hydrazone groups is 1. The molecule has 0 aliphatic heterocycles. The SMILES string of the molecule is CCCCCCCCCCOc1ccc(C(=O)NN=Cc2ccc(N(C)C)cc2)cc1. The fourth-order valence-corrected chi connectivity index (χ4v) is 3.22. The summed E-state index contributed by atoms with van der Waals surface area (Å²) in [6, 6.07) is 15.1. The number of nitrogens with one attached hydrogen (secondary N) is 1. The topological polar surface area (TPSA) is 53.9 Å². The van der Waals surface area contributed by atoms with E-state index in [2.05, 4.69) is 17.5 Å². The standard InChI is InChI=1S/C26H37N3O2/c1-4-5-6-7-8-9-10-11-20-31-25-18-14-23(15-19-25)26(30)28-27-21-22-12-16-24(17-13-22)29(2)3/h12-19,21H,4-11,20H2,1-3H3,(H,28,30). The second-order valence-electron chi connectivity index (χ2n) is 8.03. The van der Waals surface area contributed by atoms with Gasteiger partial charge in [0.15, 0.2) is 0 Å². The molecule has 0 bridgehead atoms. The lowest BCUT2D eigenvalue weighted by Gasteiger charge is -2.11. The third-order valence-electron chi connectivity index (χ3n) is 5.17. The number of benzene rings is 2. The van der Waals surface area contributed by atoms with E-state index in [0.29, 0.717) is 5.56 Å². The number of nitrogens with zero attached hydrogens (tertiary/aromatic N) is 2. The van der Waals surface area contributed by atoms with E-state index >= 15 is 0 Å². The highest BCUT2D eigenvalue weighted by Gasteiger charge is 2.04. The van der Waals surface area contributed by atoms with Crippen LogP contribution in [0.5, 0.6) is 5.75 Å². The van der Waals surface area contributed by atoms with Crippen LogP contribution in [-0.4, -0.2) is 32.8 Å². The number of hydrogen-bond acceptors (Lipinski definition) is 4. The first-order valence-electron chi connectivity index (χ1n) is 11.4. The van der Waals surface area contributed by atoms with Gasteiger partial charge in [0.05, 0.1) is 12.8 Å². The van der Waals surface area contributed by atoms with E-state index in [1.165, 1.54) is 44.9 Å². The van der Waals surface area contributed by atoms with Gasteiger partial charge in [-0.15, -0.1) is 0 Å². The minimum atomic E-state index is -0.240. The maximum atomic E-state index is 12.2. The molecule has 1 N–H and O–H groups in total. The lowest BCUT2D eigenvalue weighted by molar-refractivity contribution is 0.0955. The molecule has 1 amide bonds. The third-order valence-corrected chi connectivity index (χ3v) is 5.17. The van der Waals surface area contributed by atoms with Gasteiger partial charge in [-0.25, -0.2) is 5.43 Å². The van der Waals surface area contributed by atoms with Gasteiger partial charge in [0.1, 0.15) is 5.75 Å². The minimum absolute atomic E-state index is 0.240. The molecule has 0 aliphatic rings. The Balaban J connectivity index is 1.65. The second kappa shape index (κ2) is 14.2. The van der Waals surface area contributed by atoms with Crippen LogP contribution in [0.25, 0.3) is 0 Å². The molecule has 0 fully saturated rings. The Labute approximate surface area is 187 Å². The minimum Gasteiger partial charge on any atom is -0.494 e. The summed E-state index contributed by atoms with van der Waals surface area (Å²) < 4.78 is 5.79. The van der Waals surface area contributed by atoms with Crippen LogP contribution in [0.1, 0.15) is 74.2 Å². The van der Waals surface area contributed by atoms with Crippen molar-refractivity contribution in [3.05, 3.63) is 59.7 Å². The fourth-order valence-electron chi connectivity index (χ4n) is 3.22. The van der Waals surface area contributed by atoms with Crippen LogP contribution in [0.3, 0.4) is 0 Å². The van der Waals surface area contributed by atoms with E-state index < -0.39 is 0 Å². The summed E-state index contributed by atoms with van der Waals surface area (Å²) in [7, 11) is 3.99. The summed E-state index contributed by atoms with van der Waals surface area (Å²) >= 11 is 0. The van der Waals surface area contributed by atoms with Crippen LogP contribution >= 0.6 is 0 Å². The average Bonchev–Trinajstić information content (AvgIpc) is 2.78. The number of amides is 1. The lowest BCUT2D eigenvalue weighted by atomic mass is 10.1. The summed E-state index contributed by atoms with van der Waals surface area (Å²) in [5.74, 6) is 0.555. The maximum Gasteiger partial charge on any atom is 0.271 e. The molecule has 2 rings (SSSR count). The molecule has 0 unspecified atom stereocenters. The predicted octanol–water partition coefficient (Wildman–Crippen LogP) is 6.04. The van der Waals surface area contributed by atoms with Crippen LogP contribution in [0.4, 0.5) is 5.69 Å². The molecule has 2 aromatic rings. The molecule has 31 heavy (non-hydrogen) atoms. The Kier molecular flexibility index (Phi) is 11.2. The number of carbonyl (C=O) groups is 1. The van der Waals surface area contributed by atoms with E-state index in [1.807, 2.05) is 55.4 Å². The van der Waals surface area contributed by atoms with Gasteiger partial charge in [-0.2, -0.15) is 5.10 Å². The monoisotopic (exact) mass is 423 g/mol. The Morgan fingerprint density at radius 2 is 1.52 bits per heavy atom. The van der Waals surface area contributed by atoms with Crippen molar-refractivity contribution >= 4 is 17.8 Å². The van der Waals surface area contributed by atoms with E-state index in [-0.39, 0.29) is 5.91 Å². The first kappa shape index (κ1) is 24.4. The smallest absolute Gasteiger partial charge is 0.271 e. The van der Waals surface area contributed by atoms with E-state index in [9.17, 15) is 4.79 Å². The normalized spacial score (nSPS) is 10.9. The van der Waals surface area contributed by atoms with E-state index in [1.54, 1.807) is 18.3 Å². The molecule has 0 aromatic heterocycles. The third kappa shape index (κ3) is 9.69. The summed E-state index contributed by atoms with van der Waals surface area (Å²) in [4.78, 5) is 14.3. The molecular formula is C26H37N3O2. The first-order chi connectivity index (χ1) is 15.1. The Morgan fingerprint density at radius 3 is 2.13 bits per heavy atom. The van der Waals surface area contributed by atoms with Gasteiger partial charge in [0.2, 0.25) is 0 Å². The van der Waals surface area contributed by atoms with Gasteiger partial charge in [0, 0.05) is 25.3 Å². The Bertz CT molecular complexity index is 783. The molecule has 0 aliphatic carbocycles. The van der Waals surface area contributed by atoms with Crippen molar-refractivity contribution in [1.82, 2.24) is 5.43 Å². The lowest BCUT2D eigenvalue weighted by Crippen LogP contribution is -2.17. The molecule has 0 heterocycles. The molecule has 0 radical (unpaired) electrons. The fraction of sp³-hybridized carbons (Fsp3) is 0.462. The molecule has 5 nitrogen and oxygen atoms in total. The van der Waals surface area contributed by atoms with Crippen LogP contribution in [0, 0.1) is 0 Å². The number of rotatable bonds is 14. The number of hydrogen-bond donors (Lipinski definition) is 1. The van der Waals surface area contributed by atoms with Gasteiger partial charge < -0.3 is 9.64 Å². The van der Waals surface area contributed by atoms with Crippen molar-refractivity contribution in [1.29, 1.82) is 0 Å². The summed E-state index contributed by atoms with van der Waals surface area (Å²) in [5, 5.41) is 4.05. The largest absolute Gasteiger partial charge is 0.494 e. The zero-order valence-corrected chi connectivity index (χ0v) is 19.3. The van der Waals surface area contributed by atoms with E-state index in [0.717, 1.165) is 30.0 Å². The van der Waals surface area contributed by atoms with Crippen molar-refractivity contribution in [3.63, 3.8) is 0 Å². The second-order valence-corrected chi connectivity index (χ2v) is 8.03. The average molecular weight is 424 g/mol. The van der Waals surface area contributed by atoms with Crippen molar-refractivity contribution < 1.29 is 9.53 Å². The number of carbonyl (C=O) groups excluding carboxylic acids is 1. The highest BCUT2D eigenvalue weighted by molar-refractivity contribution is 5.95. The van der Waals surface area contributed by atoms with Gasteiger partial charge >= 0.3 is 0 Å². The molecule has 168 valence electrons. The first-order valence-corrected chi connectivity index (χ1v) is 11.4. The zero-order chi connectivity index (χ0) is 22.3. The highest BCUT2D eigenvalue weighted by atomic mass is 16.5. The van der Waals surface area contributed by atoms with E-state index in [4.69, 9.17) is 4.74 Å². The number of unbranched alkanes of at least 4 members (excludes halogenated alkanes) is 7. The van der Waals surface area contributed by atoms with Gasteiger partial charge in [-0.05, 0) is 48.4 Å². The van der Waals surface area contributed by atoms with Crippen LogP contribution in [0.15, 0.2) is 53.6 Å². The maximum absolute atomic E-state index is 12.2. The Hall–Kier alpha value is -2.82. The van der Waals surface area contributed by atoms with Crippen molar-refractivity contribution in [2.75, 3.05) is 25.6 Å². The van der Waals surface area contributed by atoms with Crippen molar-refractivity contribution in [2.45, 2.75) is 58.3 Å². The molecule has 0 atom stereocenters. The van der Waals surface area contributed by atoms with Crippen molar-refractivity contribution in [2.24, 2.45) is 5.10 Å². The highest BCUT2D eigenvalue weighted by Crippen LogP contribution is 2.14. The van der Waals surface area contributed by atoms with Crippen LogP contribution in [0.2, 0.25) is 0 Å². The summed E-state index contributed by atoms with van der Waals surface area (Å²) in [5.41, 5.74) is 5.17. The zero-order valence-electron chi connectivity index (χ0n) is 19.3. The number of ether oxygens (including phenoxy) is 1.